The Morgan fingerprint density at radius 3 is 2.39 bits per heavy atom. The van der Waals surface area contributed by atoms with Crippen LogP contribution in [0.4, 0.5) is 18.0 Å². The van der Waals surface area contributed by atoms with Crippen molar-refractivity contribution in [1.29, 1.82) is 0 Å². The van der Waals surface area contributed by atoms with Crippen LogP contribution in [0, 0.1) is 0 Å². The fraction of sp³-hybridized carbons (Fsp3) is 0.500. The van der Waals surface area contributed by atoms with Crippen LogP contribution in [0.15, 0.2) is 30.3 Å². The summed E-state index contributed by atoms with van der Waals surface area (Å²) >= 11 is 0. The van der Waals surface area contributed by atoms with Gasteiger partial charge in [-0.15, -0.1) is 0 Å². The number of rotatable bonds is 2. The van der Waals surface area contributed by atoms with Crippen molar-refractivity contribution in [2.75, 3.05) is 6.54 Å². The zero-order valence-corrected chi connectivity index (χ0v) is 16.4. The van der Waals surface area contributed by atoms with E-state index in [9.17, 15) is 18.0 Å². The van der Waals surface area contributed by atoms with Crippen LogP contribution in [0.1, 0.15) is 56.3 Å². The second-order valence-electron chi connectivity index (χ2n) is 7.95. The van der Waals surface area contributed by atoms with E-state index in [1.807, 2.05) is 30.3 Å². The van der Waals surface area contributed by atoms with Crippen molar-refractivity contribution >= 4 is 6.09 Å². The third kappa shape index (κ3) is 4.15. The normalized spacial score (nSPS) is 15.9. The first kappa shape index (κ1) is 20.2. The Balaban J connectivity index is 1.99. The molecule has 0 saturated heterocycles. The maximum Gasteiger partial charge on any atom is 0.435 e. The molecule has 0 spiro atoms. The number of carbonyl (C=O) groups excluding carboxylic acids is 1. The molecule has 1 aliphatic heterocycles. The Morgan fingerprint density at radius 1 is 1.18 bits per heavy atom. The van der Waals surface area contributed by atoms with E-state index in [-0.39, 0.29) is 25.1 Å². The molecule has 8 heteroatoms. The third-order valence-electron chi connectivity index (χ3n) is 4.66. The Kier molecular flexibility index (Phi) is 5.16. The maximum absolute atomic E-state index is 13.6. The van der Waals surface area contributed by atoms with Gasteiger partial charge in [0.15, 0.2) is 5.69 Å². The van der Waals surface area contributed by atoms with E-state index >= 15 is 0 Å². The molecular weight excluding hydrogens is 371 g/mol. The Hall–Kier alpha value is -2.51. The molecule has 5 nitrogen and oxygen atoms in total. The highest BCUT2D eigenvalue weighted by molar-refractivity contribution is 5.68. The lowest BCUT2D eigenvalue weighted by Gasteiger charge is -2.31. The van der Waals surface area contributed by atoms with Crippen LogP contribution in [-0.2, 0) is 23.9 Å². The van der Waals surface area contributed by atoms with Crippen LogP contribution in [0.3, 0.4) is 0 Å². The number of hydrogen-bond donors (Lipinski definition) is 0. The molecule has 0 fully saturated rings. The summed E-state index contributed by atoms with van der Waals surface area (Å²) < 4.78 is 47.4. The van der Waals surface area contributed by atoms with E-state index in [4.69, 9.17) is 4.74 Å². The minimum absolute atomic E-state index is 0.0322. The van der Waals surface area contributed by atoms with Crippen LogP contribution >= 0.6 is 0 Å². The summed E-state index contributed by atoms with van der Waals surface area (Å²) in [4.78, 5) is 13.9. The van der Waals surface area contributed by atoms with E-state index < -0.39 is 29.6 Å². The number of hydrogen-bond acceptors (Lipinski definition) is 3. The second kappa shape index (κ2) is 7.14. The topological polar surface area (TPSA) is 47.4 Å². The fourth-order valence-corrected chi connectivity index (χ4v) is 3.34. The molecule has 2 heterocycles. The first-order valence-corrected chi connectivity index (χ1v) is 9.17. The molecule has 1 atom stereocenters. The summed E-state index contributed by atoms with van der Waals surface area (Å²) in [5, 5.41) is 3.92. The van der Waals surface area contributed by atoms with Crippen LogP contribution in [0.5, 0.6) is 0 Å². The molecule has 0 N–H and O–H groups in total. The summed E-state index contributed by atoms with van der Waals surface area (Å²) in [5.74, 6) is 0. The number of amides is 1. The molecule has 1 aromatic heterocycles. The maximum atomic E-state index is 13.6. The van der Waals surface area contributed by atoms with Crippen molar-refractivity contribution in [2.45, 2.75) is 58.5 Å². The molecule has 2 aromatic rings. The molecule has 0 saturated carbocycles. The van der Waals surface area contributed by atoms with Gasteiger partial charge in [-0.3, -0.25) is 4.68 Å². The van der Waals surface area contributed by atoms with Gasteiger partial charge in [0.2, 0.25) is 0 Å². The Labute approximate surface area is 162 Å². The average Bonchev–Trinajstić information content (AvgIpc) is 2.99. The van der Waals surface area contributed by atoms with E-state index in [0.29, 0.717) is 5.69 Å². The third-order valence-corrected chi connectivity index (χ3v) is 4.66. The van der Waals surface area contributed by atoms with Gasteiger partial charge in [0.05, 0.1) is 18.3 Å². The van der Waals surface area contributed by atoms with Crippen molar-refractivity contribution in [3.05, 3.63) is 52.8 Å². The van der Waals surface area contributed by atoms with E-state index in [1.165, 1.54) is 9.58 Å². The van der Waals surface area contributed by atoms with Gasteiger partial charge in [0.1, 0.15) is 5.60 Å². The number of fused-ring (bicyclic) bond motifs is 1. The number of ether oxygens (including phenoxy) is 1. The first-order chi connectivity index (χ1) is 13.0. The lowest BCUT2D eigenvalue weighted by Crippen LogP contribution is -2.40. The molecule has 3 rings (SSSR count). The van der Waals surface area contributed by atoms with Crippen molar-refractivity contribution in [3.8, 4) is 0 Å². The Morgan fingerprint density at radius 2 is 1.82 bits per heavy atom. The molecular formula is C20H24F3N3O2. The van der Waals surface area contributed by atoms with Crippen LogP contribution in [0.25, 0.3) is 0 Å². The molecule has 1 unspecified atom stereocenters. The smallest absolute Gasteiger partial charge is 0.435 e. The molecule has 152 valence electrons. The Bertz CT molecular complexity index is 854. The summed E-state index contributed by atoms with van der Waals surface area (Å²) in [6, 6.07) is 8.81. The summed E-state index contributed by atoms with van der Waals surface area (Å²) in [6.45, 7) is 7.26. The fourth-order valence-electron chi connectivity index (χ4n) is 3.34. The largest absolute Gasteiger partial charge is 0.444 e. The van der Waals surface area contributed by atoms with Gasteiger partial charge in [0, 0.05) is 12.1 Å². The van der Waals surface area contributed by atoms with Crippen molar-refractivity contribution in [1.82, 2.24) is 14.7 Å². The minimum atomic E-state index is -4.54. The lowest BCUT2D eigenvalue weighted by atomic mass is 10.0. The van der Waals surface area contributed by atoms with Gasteiger partial charge in [-0.1, -0.05) is 30.3 Å². The number of carbonyl (C=O) groups is 1. The van der Waals surface area contributed by atoms with Gasteiger partial charge < -0.3 is 9.64 Å². The van der Waals surface area contributed by atoms with Crippen LogP contribution in [-0.4, -0.2) is 32.9 Å². The quantitative estimate of drug-likeness (QED) is 0.734. The second-order valence-corrected chi connectivity index (χ2v) is 7.95. The lowest BCUT2D eigenvalue weighted by molar-refractivity contribution is -0.142. The van der Waals surface area contributed by atoms with Crippen molar-refractivity contribution in [3.63, 3.8) is 0 Å². The minimum Gasteiger partial charge on any atom is -0.444 e. The highest BCUT2D eigenvalue weighted by atomic mass is 19.4. The summed E-state index contributed by atoms with van der Waals surface area (Å²) in [7, 11) is 0. The molecule has 1 aliphatic rings. The van der Waals surface area contributed by atoms with Gasteiger partial charge in [-0.25, -0.2) is 4.79 Å². The number of nitrogens with zero attached hydrogens (tertiary/aromatic N) is 3. The van der Waals surface area contributed by atoms with Gasteiger partial charge >= 0.3 is 12.3 Å². The molecule has 0 bridgehead atoms. The van der Waals surface area contributed by atoms with E-state index in [0.717, 1.165) is 5.56 Å². The molecule has 0 radical (unpaired) electrons. The van der Waals surface area contributed by atoms with Gasteiger partial charge in [-0.2, -0.15) is 18.3 Å². The number of alkyl halides is 3. The van der Waals surface area contributed by atoms with Gasteiger partial charge in [0.25, 0.3) is 0 Å². The van der Waals surface area contributed by atoms with Gasteiger partial charge in [-0.05, 0) is 39.7 Å². The SMILES string of the molecule is CC(c1ccccc1)n1nc(C(F)(F)F)c2c1CN(C(=O)OC(C)(C)C)CC2. The molecule has 1 amide bonds. The average molecular weight is 395 g/mol. The monoisotopic (exact) mass is 395 g/mol. The van der Waals surface area contributed by atoms with Crippen molar-refractivity contribution < 1.29 is 22.7 Å². The molecule has 28 heavy (non-hydrogen) atoms. The number of benzene rings is 1. The molecule has 1 aromatic carbocycles. The van der Waals surface area contributed by atoms with E-state index in [1.54, 1.807) is 27.7 Å². The summed E-state index contributed by atoms with van der Waals surface area (Å²) in [6.07, 6.45) is -4.99. The molecule has 0 aliphatic carbocycles. The zero-order valence-electron chi connectivity index (χ0n) is 16.4. The zero-order chi connectivity index (χ0) is 20.7. The predicted octanol–water partition coefficient (Wildman–Crippen LogP) is 4.80. The highest BCUT2D eigenvalue weighted by Gasteiger charge is 2.42. The number of halogens is 3. The van der Waals surface area contributed by atoms with Crippen LogP contribution < -0.4 is 0 Å². The first-order valence-electron chi connectivity index (χ1n) is 9.17. The van der Waals surface area contributed by atoms with E-state index in [2.05, 4.69) is 5.10 Å². The van der Waals surface area contributed by atoms with Crippen LogP contribution in [0.2, 0.25) is 0 Å². The highest BCUT2D eigenvalue weighted by Crippen LogP contribution is 2.37. The standard InChI is InChI=1S/C20H24F3N3O2/c1-13(14-8-6-5-7-9-14)26-16-12-25(18(27)28-19(2,3)4)11-10-15(16)17(24-26)20(21,22)23/h5-9,13H,10-12H2,1-4H3. The number of aromatic nitrogens is 2. The van der Waals surface area contributed by atoms with Crippen molar-refractivity contribution in [2.24, 2.45) is 0 Å². The predicted molar refractivity (Wildman–Crippen MR) is 97.8 cm³/mol. The summed E-state index contributed by atoms with van der Waals surface area (Å²) in [5.41, 5.74) is -0.132.